The predicted molar refractivity (Wildman–Crippen MR) is 69.3 cm³/mol. The van der Waals surface area contributed by atoms with Crippen molar-refractivity contribution < 1.29 is 4.74 Å². The van der Waals surface area contributed by atoms with E-state index in [0.717, 1.165) is 23.4 Å². The van der Waals surface area contributed by atoms with Crippen LogP contribution in [0.3, 0.4) is 0 Å². The molecule has 1 aliphatic carbocycles. The second-order valence-electron chi connectivity index (χ2n) is 5.37. The van der Waals surface area contributed by atoms with Crippen molar-refractivity contribution in [3.05, 3.63) is 23.0 Å². The number of methoxy groups -OCH3 is 1. The van der Waals surface area contributed by atoms with Gasteiger partial charge in [-0.15, -0.1) is 0 Å². The summed E-state index contributed by atoms with van der Waals surface area (Å²) in [5, 5.41) is 0. The molecule has 17 heavy (non-hydrogen) atoms. The summed E-state index contributed by atoms with van der Waals surface area (Å²) in [6, 6.07) is 0.246. The zero-order valence-corrected chi connectivity index (χ0v) is 11.2. The molecule has 1 unspecified atom stereocenters. The fourth-order valence-electron chi connectivity index (χ4n) is 2.54. The highest BCUT2D eigenvalue weighted by Crippen LogP contribution is 2.50. The lowest BCUT2D eigenvalue weighted by atomic mass is 9.91. The summed E-state index contributed by atoms with van der Waals surface area (Å²) in [6.07, 6.45) is 5.33. The van der Waals surface area contributed by atoms with Crippen LogP contribution < -0.4 is 10.5 Å². The highest BCUT2D eigenvalue weighted by Gasteiger charge is 2.46. The van der Waals surface area contributed by atoms with Gasteiger partial charge >= 0.3 is 0 Å². The largest absolute Gasteiger partial charge is 0.496 e. The van der Waals surface area contributed by atoms with Gasteiger partial charge in [-0.3, -0.25) is 4.98 Å². The lowest BCUT2D eigenvalue weighted by molar-refractivity contribution is 0.396. The summed E-state index contributed by atoms with van der Waals surface area (Å²) in [4.78, 5) is 4.56. The molecule has 94 valence electrons. The summed E-state index contributed by atoms with van der Waals surface area (Å²) in [6.45, 7) is 6.22. The number of hydrogen-bond donors (Lipinski definition) is 1. The van der Waals surface area contributed by atoms with Crippen LogP contribution in [0.2, 0.25) is 0 Å². The second kappa shape index (κ2) is 4.30. The number of pyridine rings is 1. The van der Waals surface area contributed by atoms with Crippen molar-refractivity contribution in [1.82, 2.24) is 4.98 Å². The van der Waals surface area contributed by atoms with Crippen LogP contribution in [0, 0.1) is 19.3 Å². The minimum Gasteiger partial charge on any atom is -0.496 e. The second-order valence-corrected chi connectivity index (χ2v) is 5.37. The summed E-state index contributed by atoms with van der Waals surface area (Å²) >= 11 is 0. The molecule has 0 spiro atoms. The lowest BCUT2D eigenvalue weighted by Crippen LogP contribution is -2.30. The van der Waals surface area contributed by atoms with E-state index in [1.807, 2.05) is 13.1 Å². The van der Waals surface area contributed by atoms with Gasteiger partial charge in [-0.25, -0.2) is 0 Å². The Morgan fingerprint density at radius 1 is 1.47 bits per heavy atom. The number of hydrogen-bond acceptors (Lipinski definition) is 3. The van der Waals surface area contributed by atoms with Gasteiger partial charge in [0.15, 0.2) is 0 Å². The van der Waals surface area contributed by atoms with Crippen LogP contribution in [-0.2, 0) is 6.42 Å². The molecule has 1 atom stereocenters. The molecule has 0 bridgehead atoms. The van der Waals surface area contributed by atoms with Crippen LogP contribution in [0.5, 0.6) is 5.75 Å². The van der Waals surface area contributed by atoms with Gasteiger partial charge in [-0.2, -0.15) is 0 Å². The third-order valence-corrected chi connectivity index (χ3v) is 4.13. The molecule has 1 saturated carbocycles. The molecule has 3 nitrogen and oxygen atoms in total. The van der Waals surface area contributed by atoms with E-state index in [2.05, 4.69) is 18.8 Å². The van der Waals surface area contributed by atoms with Crippen molar-refractivity contribution in [2.24, 2.45) is 11.1 Å². The van der Waals surface area contributed by atoms with E-state index in [-0.39, 0.29) is 11.5 Å². The normalized spacial score (nSPS) is 18.9. The Morgan fingerprint density at radius 2 is 2.12 bits per heavy atom. The quantitative estimate of drug-likeness (QED) is 0.870. The first kappa shape index (κ1) is 12.4. The van der Waals surface area contributed by atoms with Crippen molar-refractivity contribution in [1.29, 1.82) is 0 Å². The molecule has 1 aliphatic rings. The Hall–Kier alpha value is -1.09. The minimum absolute atomic E-state index is 0.246. The fourth-order valence-corrected chi connectivity index (χ4v) is 2.54. The van der Waals surface area contributed by atoms with E-state index in [4.69, 9.17) is 10.5 Å². The molecule has 1 fully saturated rings. The van der Waals surface area contributed by atoms with Gasteiger partial charge in [0.1, 0.15) is 5.75 Å². The maximum atomic E-state index is 6.07. The first-order chi connectivity index (χ1) is 8.00. The molecule has 1 aromatic heterocycles. The molecule has 0 saturated heterocycles. The molecular weight excluding hydrogens is 212 g/mol. The smallest absolute Gasteiger partial charge is 0.128 e. The summed E-state index contributed by atoms with van der Waals surface area (Å²) in [5.41, 5.74) is 9.77. The van der Waals surface area contributed by atoms with E-state index in [9.17, 15) is 0 Å². The highest BCUT2D eigenvalue weighted by molar-refractivity contribution is 5.41. The molecule has 0 radical (unpaired) electrons. The molecule has 0 amide bonds. The fraction of sp³-hybridized carbons (Fsp3) is 0.643. The zero-order chi connectivity index (χ0) is 12.6. The van der Waals surface area contributed by atoms with Gasteiger partial charge in [0.25, 0.3) is 0 Å². The monoisotopic (exact) mass is 234 g/mol. The Labute approximate surface area is 103 Å². The molecule has 2 rings (SSSR count). The van der Waals surface area contributed by atoms with Gasteiger partial charge in [-0.05, 0) is 45.4 Å². The number of aryl methyl sites for hydroxylation is 1. The summed E-state index contributed by atoms with van der Waals surface area (Å²) in [7, 11) is 1.72. The van der Waals surface area contributed by atoms with Gasteiger partial charge in [0.2, 0.25) is 0 Å². The molecule has 2 N–H and O–H groups in total. The standard InChI is InChI=1S/C14H22N2O/c1-9-8-16-12(10(2)13(9)17-4)7-14(5-6-14)11(3)15/h8,11H,5-7,15H2,1-4H3. The highest BCUT2D eigenvalue weighted by atomic mass is 16.5. The zero-order valence-electron chi connectivity index (χ0n) is 11.2. The molecule has 1 aromatic rings. The average Bonchev–Trinajstić information content (AvgIpc) is 3.04. The van der Waals surface area contributed by atoms with E-state index >= 15 is 0 Å². The lowest BCUT2D eigenvalue weighted by Gasteiger charge is -2.21. The summed E-state index contributed by atoms with van der Waals surface area (Å²) < 4.78 is 5.44. The SMILES string of the molecule is COc1c(C)cnc(CC2(C(C)N)CC2)c1C. The minimum atomic E-state index is 0.246. The molecule has 3 heteroatoms. The van der Waals surface area contributed by atoms with E-state index in [1.54, 1.807) is 7.11 Å². The van der Waals surface area contributed by atoms with Crippen molar-refractivity contribution >= 4 is 0 Å². The van der Waals surface area contributed by atoms with Gasteiger partial charge in [-0.1, -0.05) is 0 Å². The van der Waals surface area contributed by atoms with Gasteiger partial charge in [0.05, 0.1) is 7.11 Å². The topological polar surface area (TPSA) is 48.1 Å². The number of rotatable bonds is 4. The Morgan fingerprint density at radius 3 is 2.59 bits per heavy atom. The van der Waals surface area contributed by atoms with Gasteiger partial charge < -0.3 is 10.5 Å². The number of aromatic nitrogens is 1. The maximum absolute atomic E-state index is 6.07. The molecule has 1 heterocycles. The maximum Gasteiger partial charge on any atom is 0.128 e. The average molecular weight is 234 g/mol. The Kier molecular flexibility index (Phi) is 3.13. The third kappa shape index (κ3) is 2.16. The Bertz CT molecular complexity index is 422. The van der Waals surface area contributed by atoms with Crippen LogP contribution in [0.15, 0.2) is 6.20 Å². The summed E-state index contributed by atoms with van der Waals surface area (Å²) in [5.74, 6) is 0.968. The molecular formula is C14H22N2O. The number of nitrogens with zero attached hydrogens (tertiary/aromatic N) is 1. The van der Waals surface area contributed by atoms with Crippen molar-refractivity contribution in [2.75, 3.05) is 7.11 Å². The van der Waals surface area contributed by atoms with E-state index in [1.165, 1.54) is 18.4 Å². The number of ether oxygens (including phenoxy) is 1. The van der Waals surface area contributed by atoms with Crippen LogP contribution in [-0.4, -0.2) is 18.1 Å². The first-order valence-corrected chi connectivity index (χ1v) is 6.25. The van der Waals surface area contributed by atoms with Crippen molar-refractivity contribution in [3.63, 3.8) is 0 Å². The van der Waals surface area contributed by atoms with Crippen molar-refractivity contribution in [3.8, 4) is 5.75 Å². The van der Waals surface area contributed by atoms with E-state index < -0.39 is 0 Å². The van der Waals surface area contributed by atoms with Crippen LogP contribution in [0.1, 0.15) is 36.6 Å². The van der Waals surface area contributed by atoms with Crippen molar-refractivity contribution in [2.45, 2.75) is 46.1 Å². The van der Waals surface area contributed by atoms with Crippen LogP contribution in [0.4, 0.5) is 0 Å². The first-order valence-electron chi connectivity index (χ1n) is 6.25. The molecule has 0 aliphatic heterocycles. The van der Waals surface area contributed by atoms with E-state index in [0.29, 0.717) is 0 Å². The third-order valence-electron chi connectivity index (χ3n) is 4.13. The molecule has 0 aromatic carbocycles. The van der Waals surface area contributed by atoms with Gasteiger partial charge in [0, 0.05) is 29.1 Å². The van der Waals surface area contributed by atoms with Crippen LogP contribution in [0.25, 0.3) is 0 Å². The number of nitrogens with two attached hydrogens (primary N) is 1. The van der Waals surface area contributed by atoms with Crippen LogP contribution >= 0.6 is 0 Å². The predicted octanol–water partition coefficient (Wildman–Crippen LogP) is 2.38. The Balaban J connectivity index is 2.28.